The fraction of sp³-hybridized carbons (Fsp3) is 0.462. The first kappa shape index (κ1) is 15.1. The minimum absolute atomic E-state index is 0.0338. The van der Waals surface area contributed by atoms with Gasteiger partial charge in [0.05, 0.1) is 6.61 Å². The molecule has 1 aromatic rings. The van der Waals surface area contributed by atoms with Crippen LogP contribution in [-0.4, -0.2) is 39.3 Å². The molecule has 0 unspecified atom stereocenters. The Morgan fingerprint density at radius 1 is 1.33 bits per heavy atom. The van der Waals surface area contributed by atoms with E-state index in [-0.39, 0.29) is 5.91 Å². The molecule has 0 radical (unpaired) electrons. The first-order valence-electron chi connectivity index (χ1n) is 5.89. The minimum Gasteiger partial charge on any atom is -0.383 e. The summed E-state index contributed by atoms with van der Waals surface area (Å²) in [5.41, 5.74) is 1.68. The summed E-state index contributed by atoms with van der Waals surface area (Å²) in [4.78, 5) is 11.9. The van der Waals surface area contributed by atoms with Gasteiger partial charge in [-0.2, -0.15) is 0 Å². The van der Waals surface area contributed by atoms with E-state index in [1.165, 1.54) is 0 Å². The first-order valence-corrected chi connectivity index (χ1v) is 6.68. The second-order valence-electron chi connectivity index (χ2n) is 3.96. The number of aryl methyl sites for hydroxylation is 1. The highest BCUT2D eigenvalue weighted by Crippen LogP contribution is 2.15. The molecule has 1 rings (SSSR count). The van der Waals surface area contributed by atoms with Crippen molar-refractivity contribution in [1.29, 1.82) is 0 Å². The zero-order chi connectivity index (χ0) is 13.4. The maximum absolute atomic E-state index is 11.9. The van der Waals surface area contributed by atoms with E-state index in [0.717, 1.165) is 28.7 Å². The highest BCUT2D eigenvalue weighted by molar-refractivity contribution is 9.10. The quantitative estimate of drug-likeness (QED) is 0.754. The summed E-state index contributed by atoms with van der Waals surface area (Å²) in [6, 6.07) is 5.64. The predicted octanol–water partition coefficient (Wildman–Crippen LogP) is 1.72. The van der Waals surface area contributed by atoms with E-state index in [1.54, 1.807) is 7.11 Å². The van der Waals surface area contributed by atoms with Gasteiger partial charge in [-0.1, -0.05) is 15.9 Å². The van der Waals surface area contributed by atoms with Gasteiger partial charge in [-0.05, 0) is 30.7 Å². The lowest BCUT2D eigenvalue weighted by molar-refractivity contribution is 0.0953. The number of methoxy groups -OCH3 is 1. The van der Waals surface area contributed by atoms with Gasteiger partial charge in [-0.25, -0.2) is 0 Å². The SMILES string of the molecule is COCCNCCNC(=O)c1ccc(Br)cc1C. The number of hydrogen-bond acceptors (Lipinski definition) is 3. The second-order valence-corrected chi connectivity index (χ2v) is 4.87. The van der Waals surface area contributed by atoms with Crippen LogP contribution in [0, 0.1) is 6.92 Å². The Morgan fingerprint density at radius 2 is 2.11 bits per heavy atom. The fourth-order valence-electron chi connectivity index (χ4n) is 1.54. The van der Waals surface area contributed by atoms with Crippen molar-refractivity contribution in [2.75, 3.05) is 33.4 Å². The molecule has 1 amide bonds. The summed E-state index contributed by atoms with van der Waals surface area (Å²) in [6.45, 7) is 4.75. The number of carbonyl (C=O) groups excluding carboxylic acids is 1. The molecule has 0 heterocycles. The van der Waals surface area contributed by atoms with Crippen LogP contribution in [0.25, 0.3) is 0 Å². The Labute approximate surface area is 116 Å². The smallest absolute Gasteiger partial charge is 0.251 e. The second kappa shape index (κ2) is 8.24. The highest BCUT2D eigenvalue weighted by atomic mass is 79.9. The van der Waals surface area contributed by atoms with Crippen molar-refractivity contribution in [2.24, 2.45) is 0 Å². The maximum atomic E-state index is 11.9. The largest absolute Gasteiger partial charge is 0.383 e. The van der Waals surface area contributed by atoms with Crippen molar-refractivity contribution in [3.05, 3.63) is 33.8 Å². The number of ether oxygens (including phenoxy) is 1. The molecule has 0 aliphatic heterocycles. The summed E-state index contributed by atoms with van der Waals surface area (Å²) in [5, 5.41) is 6.05. The Hall–Kier alpha value is -0.910. The topological polar surface area (TPSA) is 50.4 Å². The monoisotopic (exact) mass is 314 g/mol. The van der Waals surface area contributed by atoms with Crippen molar-refractivity contribution in [3.63, 3.8) is 0 Å². The Balaban J connectivity index is 2.32. The van der Waals surface area contributed by atoms with Crippen molar-refractivity contribution in [2.45, 2.75) is 6.92 Å². The Bertz CT molecular complexity index is 397. The maximum Gasteiger partial charge on any atom is 0.251 e. The number of rotatable bonds is 7. The van der Waals surface area contributed by atoms with E-state index in [1.807, 2.05) is 25.1 Å². The molecule has 0 aliphatic rings. The van der Waals surface area contributed by atoms with E-state index in [2.05, 4.69) is 26.6 Å². The lowest BCUT2D eigenvalue weighted by atomic mass is 10.1. The van der Waals surface area contributed by atoms with Crippen LogP contribution in [0.1, 0.15) is 15.9 Å². The number of carbonyl (C=O) groups is 1. The fourth-order valence-corrected chi connectivity index (χ4v) is 2.02. The lowest BCUT2D eigenvalue weighted by Gasteiger charge is -2.08. The highest BCUT2D eigenvalue weighted by Gasteiger charge is 2.07. The van der Waals surface area contributed by atoms with Gasteiger partial charge >= 0.3 is 0 Å². The van der Waals surface area contributed by atoms with Crippen LogP contribution in [0.15, 0.2) is 22.7 Å². The third kappa shape index (κ3) is 5.16. The molecule has 100 valence electrons. The van der Waals surface area contributed by atoms with Crippen molar-refractivity contribution >= 4 is 21.8 Å². The summed E-state index contributed by atoms with van der Waals surface area (Å²) in [5.74, 6) is -0.0338. The van der Waals surface area contributed by atoms with Gasteiger partial charge in [0.15, 0.2) is 0 Å². The van der Waals surface area contributed by atoms with E-state index in [0.29, 0.717) is 13.2 Å². The van der Waals surface area contributed by atoms with Crippen molar-refractivity contribution in [1.82, 2.24) is 10.6 Å². The average Bonchev–Trinajstić information content (AvgIpc) is 2.33. The third-order valence-corrected chi connectivity index (χ3v) is 3.00. The third-order valence-electron chi connectivity index (χ3n) is 2.50. The van der Waals surface area contributed by atoms with Crippen LogP contribution < -0.4 is 10.6 Å². The molecular weight excluding hydrogens is 296 g/mol. The standard InChI is InChI=1S/C13H19BrN2O2/c1-10-9-11(14)3-4-12(10)13(17)16-6-5-15-7-8-18-2/h3-4,9,15H,5-8H2,1-2H3,(H,16,17). The van der Waals surface area contributed by atoms with Gasteiger partial charge in [0, 0.05) is 36.8 Å². The van der Waals surface area contributed by atoms with E-state index in [4.69, 9.17) is 4.74 Å². The molecule has 0 saturated heterocycles. The van der Waals surface area contributed by atoms with Crippen molar-refractivity contribution in [3.8, 4) is 0 Å². The normalized spacial score (nSPS) is 10.4. The molecule has 4 nitrogen and oxygen atoms in total. The summed E-state index contributed by atoms with van der Waals surface area (Å²) in [6.07, 6.45) is 0. The number of benzene rings is 1. The van der Waals surface area contributed by atoms with Crippen molar-refractivity contribution < 1.29 is 9.53 Å². The number of hydrogen-bond donors (Lipinski definition) is 2. The zero-order valence-electron chi connectivity index (χ0n) is 10.8. The van der Waals surface area contributed by atoms with E-state index >= 15 is 0 Å². The summed E-state index contributed by atoms with van der Waals surface area (Å²) < 4.78 is 5.90. The van der Waals surface area contributed by atoms with Gasteiger partial charge in [0.2, 0.25) is 0 Å². The van der Waals surface area contributed by atoms with Gasteiger partial charge in [-0.15, -0.1) is 0 Å². The first-order chi connectivity index (χ1) is 8.65. The van der Waals surface area contributed by atoms with Crippen LogP contribution in [0.5, 0.6) is 0 Å². The summed E-state index contributed by atoms with van der Waals surface area (Å²) >= 11 is 3.38. The van der Waals surface area contributed by atoms with Crippen LogP contribution in [0.2, 0.25) is 0 Å². The van der Waals surface area contributed by atoms with Gasteiger partial charge < -0.3 is 15.4 Å². The molecule has 5 heteroatoms. The number of halogens is 1. The molecule has 0 aliphatic carbocycles. The minimum atomic E-state index is -0.0338. The van der Waals surface area contributed by atoms with Gasteiger partial charge in [-0.3, -0.25) is 4.79 Å². The Morgan fingerprint density at radius 3 is 2.78 bits per heavy atom. The van der Waals surface area contributed by atoms with Crippen LogP contribution in [0.3, 0.4) is 0 Å². The molecule has 2 N–H and O–H groups in total. The molecule has 0 fully saturated rings. The number of amides is 1. The van der Waals surface area contributed by atoms with Crippen LogP contribution >= 0.6 is 15.9 Å². The number of nitrogens with one attached hydrogen (secondary N) is 2. The molecule has 0 spiro atoms. The molecule has 0 bridgehead atoms. The molecule has 0 saturated carbocycles. The molecule has 1 aromatic carbocycles. The molecule has 0 atom stereocenters. The zero-order valence-corrected chi connectivity index (χ0v) is 12.3. The predicted molar refractivity (Wildman–Crippen MR) is 76.0 cm³/mol. The van der Waals surface area contributed by atoms with Crippen LogP contribution in [0.4, 0.5) is 0 Å². The van der Waals surface area contributed by atoms with Crippen LogP contribution in [-0.2, 0) is 4.74 Å². The van der Waals surface area contributed by atoms with Gasteiger partial charge in [0.1, 0.15) is 0 Å². The Kier molecular flexibility index (Phi) is 6.93. The van der Waals surface area contributed by atoms with Gasteiger partial charge in [0.25, 0.3) is 5.91 Å². The van der Waals surface area contributed by atoms with E-state index in [9.17, 15) is 4.79 Å². The summed E-state index contributed by atoms with van der Waals surface area (Å²) in [7, 11) is 1.67. The average molecular weight is 315 g/mol. The molecule has 18 heavy (non-hydrogen) atoms. The molecular formula is C13H19BrN2O2. The van der Waals surface area contributed by atoms with E-state index < -0.39 is 0 Å². The lowest BCUT2D eigenvalue weighted by Crippen LogP contribution is -2.33. The molecule has 0 aromatic heterocycles.